The zero-order valence-corrected chi connectivity index (χ0v) is 14.6. The van der Waals surface area contributed by atoms with Crippen molar-refractivity contribution in [2.75, 3.05) is 19.6 Å². The number of rotatable bonds is 3. The average molecular weight is 335 g/mol. The van der Waals surface area contributed by atoms with E-state index in [4.69, 9.17) is 16.6 Å². The van der Waals surface area contributed by atoms with Gasteiger partial charge >= 0.3 is 0 Å². The van der Waals surface area contributed by atoms with Gasteiger partial charge in [-0.05, 0) is 39.0 Å². The summed E-state index contributed by atoms with van der Waals surface area (Å²) in [5, 5.41) is 4.60. The molecule has 0 aliphatic carbocycles. The van der Waals surface area contributed by atoms with Crippen molar-refractivity contribution in [3.05, 3.63) is 39.4 Å². The van der Waals surface area contributed by atoms with Crippen LogP contribution < -0.4 is 10.9 Å². The number of fused-ring (bicyclic) bond motifs is 1. The summed E-state index contributed by atoms with van der Waals surface area (Å²) in [5.74, 6) is 0.835. The molecule has 1 aromatic heterocycles. The molecule has 23 heavy (non-hydrogen) atoms. The first kappa shape index (κ1) is 16.4. The molecule has 1 aliphatic heterocycles. The Hall–Kier alpha value is -1.43. The monoisotopic (exact) mass is 334 g/mol. The molecule has 0 spiro atoms. The van der Waals surface area contributed by atoms with Gasteiger partial charge in [-0.3, -0.25) is 14.3 Å². The molecule has 3 rings (SSSR count). The second kappa shape index (κ2) is 6.59. The number of nitrogens with one attached hydrogen (secondary N) is 1. The van der Waals surface area contributed by atoms with E-state index < -0.39 is 0 Å². The second-order valence-electron chi connectivity index (χ2n) is 6.21. The minimum absolute atomic E-state index is 0.00923. The maximum absolute atomic E-state index is 12.8. The van der Waals surface area contributed by atoms with Crippen molar-refractivity contribution in [2.24, 2.45) is 0 Å². The molecule has 0 bridgehead atoms. The predicted molar refractivity (Wildman–Crippen MR) is 94.1 cm³/mol. The van der Waals surface area contributed by atoms with E-state index in [2.05, 4.69) is 24.1 Å². The Morgan fingerprint density at radius 2 is 2.26 bits per heavy atom. The number of hydrogen-bond acceptors (Lipinski definition) is 4. The maximum atomic E-state index is 12.8. The van der Waals surface area contributed by atoms with Crippen molar-refractivity contribution in [1.82, 2.24) is 19.8 Å². The van der Waals surface area contributed by atoms with Crippen molar-refractivity contribution in [3.63, 3.8) is 0 Å². The summed E-state index contributed by atoms with van der Waals surface area (Å²) in [6.07, 6.45) is 0. The van der Waals surface area contributed by atoms with Gasteiger partial charge in [0.25, 0.3) is 5.56 Å². The van der Waals surface area contributed by atoms with E-state index in [1.165, 1.54) is 0 Å². The first-order valence-electron chi connectivity index (χ1n) is 8.18. The minimum atomic E-state index is -0.00923. The third-order valence-electron chi connectivity index (χ3n) is 4.58. The molecule has 0 amide bonds. The molecule has 1 N–H and O–H groups in total. The fourth-order valence-electron chi connectivity index (χ4n) is 3.31. The topological polar surface area (TPSA) is 50.2 Å². The summed E-state index contributed by atoms with van der Waals surface area (Å²) in [6.45, 7) is 9.79. The van der Waals surface area contributed by atoms with Gasteiger partial charge in [0, 0.05) is 37.2 Å². The lowest BCUT2D eigenvalue weighted by Crippen LogP contribution is -2.50. The molecular weight excluding hydrogens is 312 g/mol. The number of halogens is 1. The summed E-state index contributed by atoms with van der Waals surface area (Å²) in [5.41, 5.74) is 0.708. The zero-order chi connectivity index (χ0) is 16.6. The Balaban J connectivity index is 2.09. The number of benzene rings is 1. The standard InChI is InChI=1S/C17H23ClN4O/c1-4-22-16(12(3)21-8-7-19-11(2)10-21)20-15-6-5-13(18)9-14(15)17(22)23/h5-6,9,11-12,19H,4,7-8,10H2,1-3H3/t11-,12+/m1/s1. The van der Waals surface area contributed by atoms with E-state index in [1.54, 1.807) is 16.7 Å². The lowest BCUT2D eigenvalue weighted by molar-refractivity contribution is 0.150. The quantitative estimate of drug-likeness (QED) is 0.936. The molecule has 0 radical (unpaired) electrons. The van der Waals surface area contributed by atoms with Gasteiger partial charge in [-0.25, -0.2) is 4.98 Å². The molecule has 1 fully saturated rings. The summed E-state index contributed by atoms with van der Waals surface area (Å²) < 4.78 is 1.77. The summed E-state index contributed by atoms with van der Waals surface area (Å²) in [7, 11) is 0. The van der Waals surface area contributed by atoms with Crippen LogP contribution >= 0.6 is 11.6 Å². The van der Waals surface area contributed by atoms with Crippen LogP contribution in [0.15, 0.2) is 23.0 Å². The van der Waals surface area contributed by atoms with Gasteiger partial charge in [-0.15, -0.1) is 0 Å². The van der Waals surface area contributed by atoms with Crippen LogP contribution in [-0.4, -0.2) is 40.1 Å². The Labute approximate surface area is 141 Å². The molecule has 5 nitrogen and oxygen atoms in total. The van der Waals surface area contributed by atoms with Crippen LogP contribution in [-0.2, 0) is 6.54 Å². The lowest BCUT2D eigenvalue weighted by atomic mass is 10.1. The van der Waals surface area contributed by atoms with E-state index in [0.29, 0.717) is 28.5 Å². The third-order valence-corrected chi connectivity index (χ3v) is 4.82. The fraction of sp³-hybridized carbons (Fsp3) is 0.529. The lowest BCUT2D eigenvalue weighted by Gasteiger charge is -2.36. The van der Waals surface area contributed by atoms with Crippen LogP contribution in [0, 0.1) is 0 Å². The largest absolute Gasteiger partial charge is 0.312 e. The van der Waals surface area contributed by atoms with Crippen LogP contribution in [0.3, 0.4) is 0 Å². The van der Waals surface area contributed by atoms with Crippen molar-refractivity contribution >= 4 is 22.5 Å². The second-order valence-corrected chi connectivity index (χ2v) is 6.64. The molecule has 6 heteroatoms. The van der Waals surface area contributed by atoms with Gasteiger partial charge in [0.2, 0.25) is 0 Å². The minimum Gasteiger partial charge on any atom is -0.312 e. The zero-order valence-electron chi connectivity index (χ0n) is 13.8. The number of piperazine rings is 1. The highest BCUT2D eigenvalue weighted by atomic mass is 35.5. The van der Waals surface area contributed by atoms with E-state index in [-0.39, 0.29) is 11.6 Å². The van der Waals surface area contributed by atoms with Crippen LogP contribution in [0.1, 0.15) is 32.6 Å². The average Bonchev–Trinajstić information content (AvgIpc) is 2.54. The van der Waals surface area contributed by atoms with Gasteiger partial charge in [0.15, 0.2) is 0 Å². The number of aromatic nitrogens is 2. The molecule has 2 heterocycles. The van der Waals surface area contributed by atoms with E-state index in [0.717, 1.165) is 25.5 Å². The highest BCUT2D eigenvalue weighted by Gasteiger charge is 2.25. The molecule has 0 unspecified atom stereocenters. The molecule has 1 aliphatic rings. The molecule has 1 saturated heterocycles. The Morgan fingerprint density at radius 3 is 2.96 bits per heavy atom. The SMILES string of the molecule is CCn1c([C@H](C)N2CCN[C@H](C)C2)nc2ccc(Cl)cc2c1=O. The Bertz CT molecular complexity index is 773. The Morgan fingerprint density at radius 1 is 1.48 bits per heavy atom. The highest BCUT2D eigenvalue weighted by Crippen LogP contribution is 2.22. The fourth-order valence-corrected chi connectivity index (χ4v) is 3.48. The van der Waals surface area contributed by atoms with Gasteiger partial charge in [-0.2, -0.15) is 0 Å². The predicted octanol–water partition coefficient (Wildman–Crippen LogP) is 2.42. The summed E-state index contributed by atoms with van der Waals surface area (Å²) >= 11 is 6.04. The van der Waals surface area contributed by atoms with Crippen molar-refractivity contribution in [1.29, 1.82) is 0 Å². The summed E-state index contributed by atoms with van der Waals surface area (Å²) in [4.78, 5) is 20.0. The van der Waals surface area contributed by atoms with Crippen molar-refractivity contribution in [3.8, 4) is 0 Å². The number of nitrogens with zero attached hydrogens (tertiary/aromatic N) is 3. The van der Waals surface area contributed by atoms with Crippen LogP contribution in [0.2, 0.25) is 5.02 Å². The molecule has 2 aromatic rings. The molecule has 124 valence electrons. The van der Waals surface area contributed by atoms with Gasteiger partial charge in [0.05, 0.1) is 16.9 Å². The summed E-state index contributed by atoms with van der Waals surface area (Å²) in [6, 6.07) is 5.88. The van der Waals surface area contributed by atoms with E-state index in [9.17, 15) is 4.79 Å². The van der Waals surface area contributed by atoms with Crippen LogP contribution in [0.25, 0.3) is 10.9 Å². The number of hydrogen-bond donors (Lipinski definition) is 1. The first-order valence-corrected chi connectivity index (χ1v) is 8.56. The van der Waals surface area contributed by atoms with Crippen LogP contribution in [0.4, 0.5) is 0 Å². The molecule has 2 atom stereocenters. The smallest absolute Gasteiger partial charge is 0.261 e. The van der Waals surface area contributed by atoms with Gasteiger partial charge < -0.3 is 5.32 Å². The molecule has 0 saturated carbocycles. The highest BCUT2D eigenvalue weighted by molar-refractivity contribution is 6.31. The third kappa shape index (κ3) is 3.13. The van der Waals surface area contributed by atoms with E-state index >= 15 is 0 Å². The van der Waals surface area contributed by atoms with E-state index in [1.807, 2.05) is 13.0 Å². The van der Waals surface area contributed by atoms with Gasteiger partial charge in [0.1, 0.15) is 5.82 Å². The van der Waals surface area contributed by atoms with Crippen molar-refractivity contribution in [2.45, 2.75) is 39.4 Å². The Kier molecular flexibility index (Phi) is 4.71. The van der Waals surface area contributed by atoms with Crippen molar-refractivity contribution < 1.29 is 0 Å². The first-order chi connectivity index (χ1) is 11.0. The maximum Gasteiger partial charge on any atom is 0.261 e. The molecular formula is C17H23ClN4O. The normalized spacial score (nSPS) is 20.8. The molecule has 1 aromatic carbocycles. The van der Waals surface area contributed by atoms with Crippen LogP contribution in [0.5, 0.6) is 0 Å². The van der Waals surface area contributed by atoms with Gasteiger partial charge in [-0.1, -0.05) is 11.6 Å².